The number of fused-ring (bicyclic) bond motifs is 3. The van der Waals surface area contributed by atoms with Crippen molar-refractivity contribution in [3.05, 3.63) is 47.7 Å². The van der Waals surface area contributed by atoms with Crippen molar-refractivity contribution in [2.75, 3.05) is 31.6 Å². The Hall–Kier alpha value is -4.14. The average molecular weight is 576 g/mol. The Bertz CT molecular complexity index is 1800. The van der Waals surface area contributed by atoms with Crippen molar-refractivity contribution in [1.82, 2.24) is 19.9 Å². The smallest absolute Gasteiger partial charge is 0.319 e. The molecule has 4 aromatic rings. The lowest BCUT2D eigenvalue weighted by molar-refractivity contribution is 0.107. The number of aliphatic hydroxyl groups is 1. The van der Waals surface area contributed by atoms with Gasteiger partial charge in [-0.15, -0.1) is 6.42 Å². The average Bonchev–Trinajstić information content (AvgIpc) is 3.45. The van der Waals surface area contributed by atoms with Crippen LogP contribution in [0.2, 0.25) is 0 Å². The van der Waals surface area contributed by atoms with E-state index in [0.717, 1.165) is 19.4 Å². The number of hydrogen-bond donors (Lipinski definition) is 2. The summed E-state index contributed by atoms with van der Waals surface area (Å²) in [6.45, 7) is 1.30. The third-order valence-corrected chi connectivity index (χ3v) is 8.88. The zero-order chi connectivity index (χ0) is 29.3. The summed E-state index contributed by atoms with van der Waals surface area (Å²) in [7, 11) is 1.74. The third kappa shape index (κ3) is 4.20. The maximum absolute atomic E-state index is 16.5. The molecule has 7 rings (SSSR count). The van der Waals surface area contributed by atoms with E-state index in [1.807, 2.05) is 0 Å². The zero-order valence-corrected chi connectivity index (χ0v) is 22.8. The Morgan fingerprint density at radius 2 is 2.07 bits per heavy atom. The van der Waals surface area contributed by atoms with Crippen LogP contribution in [0.15, 0.2) is 30.5 Å². The van der Waals surface area contributed by atoms with Crippen molar-refractivity contribution in [1.29, 1.82) is 0 Å². The summed E-state index contributed by atoms with van der Waals surface area (Å²) in [5, 5.41) is 21.5. The fraction of sp³-hybridized carbons (Fsp3) is 0.387. The number of benzene rings is 2. The summed E-state index contributed by atoms with van der Waals surface area (Å²) in [6.07, 6.45) is 8.13. The van der Waals surface area contributed by atoms with Gasteiger partial charge >= 0.3 is 6.01 Å². The van der Waals surface area contributed by atoms with Crippen LogP contribution in [0.5, 0.6) is 11.8 Å². The van der Waals surface area contributed by atoms with Gasteiger partial charge in [-0.2, -0.15) is 9.97 Å². The second-order valence-electron chi connectivity index (χ2n) is 11.5. The monoisotopic (exact) mass is 575 g/mol. The highest BCUT2D eigenvalue weighted by molar-refractivity contribution is 6.03. The van der Waals surface area contributed by atoms with E-state index in [1.54, 1.807) is 11.9 Å². The number of aliphatic hydroxyl groups excluding tert-OH is 1. The van der Waals surface area contributed by atoms with E-state index in [-0.39, 0.29) is 57.5 Å². The first-order chi connectivity index (χ1) is 20.2. The predicted molar refractivity (Wildman–Crippen MR) is 151 cm³/mol. The number of nitrogens with zero attached hydrogens (tertiary/aromatic N) is 5. The molecule has 42 heavy (non-hydrogen) atoms. The molecule has 2 aromatic carbocycles. The molecule has 4 atom stereocenters. The number of hydrogen-bond acceptors (Lipinski definition) is 8. The molecule has 4 heterocycles. The highest BCUT2D eigenvalue weighted by Crippen LogP contribution is 2.42. The van der Waals surface area contributed by atoms with E-state index in [2.05, 4.69) is 25.8 Å². The van der Waals surface area contributed by atoms with Gasteiger partial charge in [-0.25, -0.2) is 13.2 Å². The van der Waals surface area contributed by atoms with E-state index < -0.39 is 29.4 Å². The summed E-state index contributed by atoms with van der Waals surface area (Å²) < 4.78 is 51.6. The summed E-state index contributed by atoms with van der Waals surface area (Å²) in [5.74, 6) is 0.979. The zero-order valence-electron chi connectivity index (χ0n) is 22.8. The van der Waals surface area contributed by atoms with E-state index in [1.165, 1.54) is 30.5 Å². The molecule has 216 valence electrons. The van der Waals surface area contributed by atoms with Crippen LogP contribution in [0.3, 0.4) is 0 Å². The fourth-order valence-electron chi connectivity index (χ4n) is 6.69. The molecule has 8 nitrogen and oxygen atoms in total. The minimum absolute atomic E-state index is 0.0817. The summed E-state index contributed by atoms with van der Waals surface area (Å²) in [5.41, 5.74) is -0.735. The van der Waals surface area contributed by atoms with Crippen molar-refractivity contribution < 1.29 is 28.1 Å². The number of alkyl halides is 1. The van der Waals surface area contributed by atoms with Gasteiger partial charge in [0, 0.05) is 37.2 Å². The third-order valence-electron chi connectivity index (χ3n) is 8.88. The molecule has 3 aliphatic rings. The first-order valence-corrected chi connectivity index (χ1v) is 13.9. The molecule has 2 aliphatic heterocycles. The second-order valence-corrected chi connectivity index (χ2v) is 11.5. The van der Waals surface area contributed by atoms with Gasteiger partial charge in [-0.05, 0) is 49.4 Å². The normalized spacial score (nSPS) is 25.1. The maximum atomic E-state index is 16.5. The number of phenolic OH excluding ortho intramolecular Hbond substituents is 1. The Labute approximate surface area is 239 Å². The lowest BCUT2D eigenvalue weighted by Crippen LogP contribution is -2.43. The number of pyridine rings is 1. The standard InChI is InChI=1S/C31H28F3N5O3/c1-3-19-22(33)6-5-16-9-18(40)10-20(25(16)19)27-26(34)28-21(13-35-27)29(38(2)23-11-24(23)41)37-30(36-28)42-15-31-7-4-8-39(31)14-17(32)12-31/h1,5-6,9-10,13,17,23-24,40-41H,4,7-8,11-12,14-15H2,2H3/t17-,23+,24+,31+/m1/s1. The quantitative estimate of drug-likeness (QED) is 0.328. The topological polar surface area (TPSA) is 94.8 Å². The molecule has 0 amide bonds. The van der Waals surface area contributed by atoms with Gasteiger partial charge < -0.3 is 19.8 Å². The molecular weight excluding hydrogens is 547 g/mol. The molecule has 1 saturated carbocycles. The first-order valence-electron chi connectivity index (χ1n) is 13.9. The van der Waals surface area contributed by atoms with Crippen LogP contribution in [-0.4, -0.2) is 80.7 Å². The summed E-state index contributed by atoms with van der Waals surface area (Å²) in [4.78, 5) is 17.2. The predicted octanol–water partition coefficient (Wildman–Crippen LogP) is 4.33. The molecule has 2 N–H and O–H groups in total. The number of terminal acetylenes is 1. The van der Waals surface area contributed by atoms with Crippen LogP contribution in [0.4, 0.5) is 19.0 Å². The van der Waals surface area contributed by atoms with Crippen molar-refractivity contribution in [2.45, 2.75) is 49.5 Å². The molecule has 0 unspecified atom stereocenters. The number of rotatable bonds is 6. The van der Waals surface area contributed by atoms with Crippen LogP contribution in [-0.2, 0) is 0 Å². The van der Waals surface area contributed by atoms with Crippen molar-refractivity contribution in [2.24, 2.45) is 0 Å². The van der Waals surface area contributed by atoms with Gasteiger partial charge in [-0.3, -0.25) is 9.88 Å². The van der Waals surface area contributed by atoms with Crippen molar-refractivity contribution >= 4 is 27.5 Å². The molecule has 0 spiro atoms. The lowest BCUT2D eigenvalue weighted by atomic mass is 9.95. The number of aromatic hydroxyl groups is 1. The van der Waals surface area contributed by atoms with E-state index >= 15 is 4.39 Å². The minimum atomic E-state index is -0.939. The molecule has 0 bridgehead atoms. The molecule has 2 aromatic heterocycles. The number of likely N-dealkylation sites (N-methyl/N-ethyl adjacent to an activating group) is 1. The minimum Gasteiger partial charge on any atom is -0.508 e. The van der Waals surface area contributed by atoms with Crippen LogP contribution >= 0.6 is 0 Å². The lowest BCUT2D eigenvalue weighted by Gasteiger charge is -2.31. The first kappa shape index (κ1) is 26.7. The van der Waals surface area contributed by atoms with Gasteiger partial charge in [0.05, 0.1) is 28.6 Å². The van der Waals surface area contributed by atoms with Crippen molar-refractivity contribution in [3.8, 4) is 35.4 Å². The number of ether oxygens (including phenoxy) is 1. The van der Waals surface area contributed by atoms with Crippen LogP contribution in [0.1, 0.15) is 31.2 Å². The Kier molecular flexibility index (Phi) is 6.18. The Balaban J connectivity index is 1.38. The fourth-order valence-corrected chi connectivity index (χ4v) is 6.69. The highest BCUT2D eigenvalue weighted by Gasteiger charge is 2.49. The van der Waals surface area contributed by atoms with Gasteiger partial charge in [0.15, 0.2) is 5.82 Å². The molecule has 1 aliphatic carbocycles. The van der Waals surface area contributed by atoms with Crippen LogP contribution in [0, 0.1) is 24.0 Å². The largest absolute Gasteiger partial charge is 0.508 e. The Morgan fingerprint density at radius 3 is 2.83 bits per heavy atom. The maximum Gasteiger partial charge on any atom is 0.319 e. The number of aromatic nitrogens is 3. The van der Waals surface area contributed by atoms with Gasteiger partial charge in [0.2, 0.25) is 0 Å². The van der Waals surface area contributed by atoms with Gasteiger partial charge in [0.25, 0.3) is 0 Å². The molecule has 3 fully saturated rings. The summed E-state index contributed by atoms with van der Waals surface area (Å²) in [6, 6.07) is 5.03. The second kappa shape index (κ2) is 9.71. The number of phenols is 1. The van der Waals surface area contributed by atoms with Gasteiger partial charge in [-0.1, -0.05) is 12.0 Å². The van der Waals surface area contributed by atoms with Crippen LogP contribution in [0.25, 0.3) is 32.9 Å². The molecule has 0 radical (unpaired) electrons. The van der Waals surface area contributed by atoms with E-state index in [9.17, 15) is 19.0 Å². The highest BCUT2D eigenvalue weighted by atomic mass is 19.1. The van der Waals surface area contributed by atoms with E-state index in [0.29, 0.717) is 30.6 Å². The summed E-state index contributed by atoms with van der Waals surface area (Å²) >= 11 is 0. The molecular formula is C31H28F3N5O3. The SMILES string of the molecule is C#Cc1c(F)ccc2cc(O)cc(-c3ncc4c(N(C)[C@H]5C[C@@H]5O)nc(OC[C@@]56CCCN5C[C@H](F)C6)nc4c3F)c12. The molecule has 2 saturated heterocycles. The van der Waals surface area contributed by atoms with Crippen LogP contribution < -0.4 is 9.64 Å². The Morgan fingerprint density at radius 1 is 1.26 bits per heavy atom. The van der Waals surface area contributed by atoms with Gasteiger partial charge in [0.1, 0.15) is 41.4 Å². The van der Waals surface area contributed by atoms with E-state index in [4.69, 9.17) is 11.2 Å². The van der Waals surface area contributed by atoms with Crippen molar-refractivity contribution in [3.63, 3.8) is 0 Å². The number of anilines is 1. The molecule has 11 heteroatoms. The number of halogens is 3.